The molecule has 0 unspecified atom stereocenters. The average molecular weight is 491 g/mol. The molecule has 3 heterocycles. The van der Waals surface area contributed by atoms with E-state index in [2.05, 4.69) is 51.6 Å². The molecular weight excluding hydrogens is 452 g/mol. The number of pyridine rings is 1. The standard InChI is InChI=1S/C27H38N6OSi/c1-35(2,3)21-10-6-19(7-11-21)31-25(34)16-24-32-23-17-30-27-22(13-15-29-27)26(23)33(24)20-8-4-18(5-9-20)12-14-28/h13,15,17-21H,4-12,16H2,1-3H3,(H,29,30)(H,31,34)/t18-,19-,20-,21+. The number of carbonyl (C=O) groups is 1. The highest BCUT2D eigenvalue weighted by molar-refractivity contribution is 6.77. The summed E-state index contributed by atoms with van der Waals surface area (Å²) in [6.07, 6.45) is 13.5. The molecule has 1 amide bonds. The molecule has 3 aromatic rings. The van der Waals surface area contributed by atoms with Crippen molar-refractivity contribution in [1.29, 1.82) is 5.26 Å². The number of nitrogens with zero attached hydrogens (tertiary/aromatic N) is 4. The Morgan fingerprint density at radius 2 is 1.91 bits per heavy atom. The van der Waals surface area contributed by atoms with Crippen molar-refractivity contribution in [3.05, 3.63) is 24.3 Å². The topological polar surface area (TPSA) is 99.4 Å². The summed E-state index contributed by atoms with van der Waals surface area (Å²) in [6.45, 7) is 7.39. The van der Waals surface area contributed by atoms with E-state index in [1.807, 2.05) is 12.4 Å². The van der Waals surface area contributed by atoms with Crippen LogP contribution in [0.2, 0.25) is 25.2 Å². The van der Waals surface area contributed by atoms with Gasteiger partial charge in [-0.05, 0) is 56.1 Å². The van der Waals surface area contributed by atoms with Crippen LogP contribution in [0.4, 0.5) is 0 Å². The van der Waals surface area contributed by atoms with Gasteiger partial charge in [-0.15, -0.1) is 0 Å². The molecule has 8 heteroatoms. The van der Waals surface area contributed by atoms with Crippen LogP contribution < -0.4 is 5.32 Å². The highest BCUT2D eigenvalue weighted by atomic mass is 28.3. The Kier molecular flexibility index (Phi) is 6.71. The van der Waals surface area contributed by atoms with E-state index >= 15 is 0 Å². The molecule has 0 saturated heterocycles. The number of nitriles is 1. The minimum absolute atomic E-state index is 0.0782. The highest BCUT2D eigenvalue weighted by Crippen LogP contribution is 2.39. The van der Waals surface area contributed by atoms with Crippen molar-refractivity contribution < 1.29 is 4.79 Å². The lowest BCUT2D eigenvalue weighted by Crippen LogP contribution is -2.41. The first-order chi connectivity index (χ1) is 16.8. The van der Waals surface area contributed by atoms with Crippen molar-refractivity contribution in [3.63, 3.8) is 0 Å². The Hall–Kier alpha value is -2.66. The van der Waals surface area contributed by atoms with Gasteiger partial charge in [0.25, 0.3) is 0 Å². The van der Waals surface area contributed by atoms with Crippen LogP contribution in [0.5, 0.6) is 0 Å². The Balaban J connectivity index is 1.36. The summed E-state index contributed by atoms with van der Waals surface area (Å²) in [6, 6.07) is 4.98. The van der Waals surface area contributed by atoms with Gasteiger partial charge in [-0.25, -0.2) is 9.97 Å². The van der Waals surface area contributed by atoms with Gasteiger partial charge in [0.05, 0.1) is 24.2 Å². The zero-order valence-corrected chi connectivity index (χ0v) is 22.3. The van der Waals surface area contributed by atoms with Gasteiger partial charge in [0.2, 0.25) is 5.91 Å². The molecule has 0 aliphatic heterocycles. The van der Waals surface area contributed by atoms with Crippen LogP contribution in [0, 0.1) is 17.2 Å². The molecule has 7 nitrogen and oxygen atoms in total. The predicted molar refractivity (Wildman–Crippen MR) is 142 cm³/mol. The number of H-pyrrole nitrogens is 1. The van der Waals surface area contributed by atoms with Gasteiger partial charge in [-0.1, -0.05) is 32.5 Å². The summed E-state index contributed by atoms with van der Waals surface area (Å²) in [5.74, 6) is 1.40. The van der Waals surface area contributed by atoms with Crippen molar-refractivity contribution in [2.75, 3.05) is 0 Å². The van der Waals surface area contributed by atoms with Crippen molar-refractivity contribution in [3.8, 4) is 6.07 Å². The third kappa shape index (κ3) is 5.01. The molecule has 2 fully saturated rings. The van der Waals surface area contributed by atoms with Crippen LogP contribution in [-0.2, 0) is 11.2 Å². The van der Waals surface area contributed by atoms with Crippen LogP contribution in [0.15, 0.2) is 18.5 Å². The monoisotopic (exact) mass is 490 g/mol. The Labute approximate surface area is 208 Å². The minimum Gasteiger partial charge on any atom is -0.353 e. The van der Waals surface area contributed by atoms with E-state index in [1.165, 1.54) is 12.8 Å². The third-order valence-corrected chi connectivity index (χ3v) is 11.5. The number of nitrogens with one attached hydrogen (secondary N) is 2. The van der Waals surface area contributed by atoms with Gasteiger partial charge in [0.1, 0.15) is 17.0 Å². The van der Waals surface area contributed by atoms with Gasteiger partial charge in [0.15, 0.2) is 0 Å². The molecule has 0 bridgehead atoms. The van der Waals surface area contributed by atoms with Crippen LogP contribution in [0.3, 0.4) is 0 Å². The Morgan fingerprint density at radius 1 is 1.17 bits per heavy atom. The summed E-state index contributed by atoms with van der Waals surface area (Å²) in [5, 5.41) is 13.5. The maximum absolute atomic E-state index is 13.2. The van der Waals surface area contributed by atoms with E-state index in [9.17, 15) is 4.79 Å². The molecule has 2 aliphatic rings. The molecule has 2 N–H and O–H groups in total. The second kappa shape index (κ2) is 9.77. The van der Waals surface area contributed by atoms with Crippen LogP contribution >= 0.6 is 0 Å². The second-order valence-corrected chi connectivity index (χ2v) is 17.4. The van der Waals surface area contributed by atoms with E-state index < -0.39 is 8.07 Å². The van der Waals surface area contributed by atoms with Gasteiger partial charge >= 0.3 is 0 Å². The van der Waals surface area contributed by atoms with E-state index in [1.54, 1.807) is 0 Å². The average Bonchev–Trinajstić information content (AvgIpc) is 3.43. The number of hydrogen-bond acceptors (Lipinski definition) is 4. The van der Waals surface area contributed by atoms with E-state index in [0.717, 1.165) is 72.0 Å². The van der Waals surface area contributed by atoms with E-state index in [-0.39, 0.29) is 11.9 Å². The lowest BCUT2D eigenvalue weighted by atomic mass is 9.84. The smallest absolute Gasteiger partial charge is 0.227 e. The number of amides is 1. The number of aromatic amines is 1. The fourth-order valence-corrected chi connectivity index (χ4v) is 8.49. The number of carbonyl (C=O) groups excluding carboxylic acids is 1. The zero-order valence-electron chi connectivity index (χ0n) is 21.3. The first kappa shape index (κ1) is 24.0. The largest absolute Gasteiger partial charge is 0.353 e. The molecule has 0 aromatic carbocycles. The second-order valence-electron chi connectivity index (χ2n) is 11.8. The quantitative estimate of drug-likeness (QED) is 0.422. The van der Waals surface area contributed by atoms with Gasteiger partial charge in [0, 0.05) is 38.2 Å². The predicted octanol–water partition coefficient (Wildman–Crippen LogP) is 5.87. The van der Waals surface area contributed by atoms with Gasteiger partial charge in [-0.3, -0.25) is 4.79 Å². The normalized spacial score (nSPS) is 25.5. The maximum atomic E-state index is 13.2. The molecule has 186 valence electrons. The summed E-state index contributed by atoms with van der Waals surface area (Å²) in [5.41, 5.74) is 3.66. The maximum Gasteiger partial charge on any atom is 0.227 e. The minimum atomic E-state index is -1.11. The van der Waals surface area contributed by atoms with E-state index in [4.69, 9.17) is 10.2 Å². The van der Waals surface area contributed by atoms with Crippen molar-refractivity contribution in [1.82, 2.24) is 24.8 Å². The number of rotatable bonds is 6. The van der Waals surface area contributed by atoms with E-state index in [0.29, 0.717) is 24.8 Å². The third-order valence-electron chi connectivity index (χ3n) is 8.50. The van der Waals surface area contributed by atoms with Crippen LogP contribution in [0.25, 0.3) is 22.1 Å². The highest BCUT2D eigenvalue weighted by Gasteiger charge is 2.32. The number of fused-ring (bicyclic) bond motifs is 3. The fraction of sp³-hybridized carbons (Fsp3) is 0.630. The molecule has 2 aliphatic carbocycles. The van der Waals surface area contributed by atoms with Crippen molar-refractivity contribution in [2.24, 2.45) is 5.92 Å². The molecule has 0 spiro atoms. The Bertz CT molecular complexity index is 1230. The number of aromatic nitrogens is 4. The number of imidazole rings is 1. The zero-order chi connectivity index (χ0) is 24.6. The molecule has 0 radical (unpaired) electrons. The lowest BCUT2D eigenvalue weighted by Gasteiger charge is -2.36. The molecule has 0 atom stereocenters. The molecule has 3 aromatic heterocycles. The summed E-state index contributed by atoms with van der Waals surface area (Å²) < 4.78 is 2.33. The van der Waals surface area contributed by atoms with Crippen LogP contribution in [-0.4, -0.2) is 39.5 Å². The van der Waals surface area contributed by atoms with Crippen molar-refractivity contribution >= 4 is 36.0 Å². The molecule has 35 heavy (non-hydrogen) atoms. The molecule has 2 saturated carbocycles. The Morgan fingerprint density at radius 3 is 2.60 bits per heavy atom. The number of hydrogen-bond donors (Lipinski definition) is 2. The first-order valence-electron chi connectivity index (χ1n) is 13.3. The van der Waals surface area contributed by atoms with Crippen molar-refractivity contribution in [2.45, 2.75) is 101 Å². The van der Waals surface area contributed by atoms with Gasteiger partial charge < -0.3 is 14.9 Å². The molecule has 5 rings (SSSR count). The van der Waals surface area contributed by atoms with Gasteiger partial charge in [-0.2, -0.15) is 5.26 Å². The lowest BCUT2D eigenvalue weighted by molar-refractivity contribution is -0.121. The summed E-state index contributed by atoms with van der Waals surface area (Å²) >= 11 is 0. The fourth-order valence-electron chi connectivity index (χ4n) is 6.42. The first-order valence-corrected chi connectivity index (χ1v) is 16.9. The van der Waals surface area contributed by atoms with Crippen LogP contribution in [0.1, 0.15) is 69.7 Å². The molecular formula is C27H38N6OSi. The SMILES string of the molecule is C[Si](C)(C)[C@H]1CC[C@@H](NC(=O)Cc2nc3cnc4[nH]ccc4c3n2[C@H]2CC[C@H](CC#N)CC2)CC1. The summed E-state index contributed by atoms with van der Waals surface area (Å²) in [7, 11) is -1.11. The summed E-state index contributed by atoms with van der Waals surface area (Å²) in [4.78, 5) is 25.9.